The molecule has 2 fully saturated rings. The third-order valence-electron chi connectivity index (χ3n) is 4.06. The molecule has 0 spiro atoms. The maximum Gasteiger partial charge on any atom is 0.225 e. The van der Waals surface area contributed by atoms with Gasteiger partial charge in [-0.3, -0.25) is 4.79 Å². The minimum absolute atomic E-state index is 0.00888. The number of rotatable bonds is 2. The second-order valence-electron chi connectivity index (χ2n) is 5.23. The molecule has 0 bridgehead atoms. The molecule has 2 unspecified atom stereocenters. The summed E-state index contributed by atoms with van der Waals surface area (Å²) in [5, 5.41) is 12.0. The number of hydrogen-bond acceptors (Lipinski definition) is 3. The number of fused-ring (bicyclic) bond motifs is 1. The van der Waals surface area contributed by atoms with E-state index in [2.05, 4.69) is 10.2 Å². The second kappa shape index (κ2) is 4.81. The average molecular weight is 264 g/mol. The van der Waals surface area contributed by atoms with Gasteiger partial charge in [-0.25, -0.2) is 4.39 Å². The summed E-state index contributed by atoms with van der Waals surface area (Å²) in [7, 11) is 0. The number of halogens is 1. The minimum atomic E-state index is -0.346. The van der Waals surface area contributed by atoms with Crippen LogP contribution >= 0.6 is 0 Å². The molecule has 0 saturated carbocycles. The maximum atomic E-state index is 13.6. The Labute approximate surface area is 111 Å². The molecular weight excluding hydrogens is 247 g/mol. The highest BCUT2D eigenvalue weighted by Gasteiger charge is 2.40. The highest BCUT2D eigenvalue weighted by molar-refractivity contribution is 5.83. The lowest BCUT2D eigenvalue weighted by Crippen LogP contribution is -2.45. The van der Waals surface area contributed by atoms with Crippen molar-refractivity contribution in [3.05, 3.63) is 29.6 Å². The minimum Gasteiger partial charge on any atom is -0.392 e. The lowest BCUT2D eigenvalue weighted by Gasteiger charge is -2.37. The van der Waals surface area contributed by atoms with E-state index in [1.54, 1.807) is 6.07 Å². The number of hydrogen-bond donors (Lipinski definition) is 2. The monoisotopic (exact) mass is 264 g/mol. The third-order valence-corrected chi connectivity index (χ3v) is 4.06. The van der Waals surface area contributed by atoms with Crippen molar-refractivity contribution in [2.24, 2.45) is 5.92 Å². The standard InChI is InChI=1S/C14H17FN2O2/c15-10-4-9(8-18)5-11(6-10)17-3-1-2-12-13(17)7-16-14(12)19/h4-6,12-13,18H,1-3,7-8H2,(H,16,19). The summed E-state index contributed by atoms with van der Waals surface area (Å²) >= 11 is 0. The van der Waals surface area contributed by atoms with Crippen LogP contribution in [0.25, 0.3) is 0 Å². The Balaban J connectivity index is 1.92. The molecule has 0 aromatic heterocycles. The number of carbonyl (C=O) groups is 1. The molecule has 102 valence electrons. The topological polar surface area (TPSA) is 52.6 Å². The van der Waals surface area contributed by atoms with Crippen molar-refractivity contribution in [2.75, 3.05) is 18.0 Å². The van der Waals surface area contributed by atoms with Gasteiger partial charge in [0.25, 0.3) is 0 Å². The summed E-state index contributed by atoms with van der Waals surface area (Å²) < 4.78 is 13.6. The van der Waals surface area contributed by atoms with Crippen LogP contribution in [0.4, 0.5) is 10.1 Å². The molecule has 2 aliphatic rings. The maximum absolute atomic E-state index is 13.6. The van der Waals surface area contributed by atoms with E-state index in [9.17, 15) is 9.18 Å². The average Bonchev–Trinajstić information content (AvgIpc) is 2.80. The first-order valence-electron chi connectivity index (χ1n) is 6.64. The van der Waals surface area contributed by atoms with E-state index in [1.165, 1.54) is 12.1 Å². The SMILES string of the molecule is O=C1NCC2C1CCCN2c1cc(F)cc(CO)c1. The van der Waals surface area contributed by atoms with Crippen LogP contribution in [-0.4, -0.2) is 30.1 Å². The zero-order valence-electron chi connectivity index (χ0n) is 10.6. The smallest absolute Gasteiger partial charge is 0.225 e. The van der Waals surface area contributed by atoms with E-state index in [4.69, 9.17) is 5.11 Å². The van der Waals surface area contributed by atoms with Crippen LogP contribution in [0.15, 0.2) is 18.2 Å². The number of nitrogens with zero attached hydrogens (tertiary/aromatic N) is 1. The Hall–Kier alpha value is -1.62. The van der Waals surface area contributed by atoms with E-state index in [1.807, 2.05) is 0 Å². The van der Waals surface area contributed by atoms with Crippen molar-refractivity contribution >= 4 is 11.6 Å². The molecular formula is C14H17FN2O2. The Morgan fingerprint density at radius 2 is 2.26 bits per heavy atom. The van der Waals surface area contributed by atoms with Crippen LogP contribution in [0, 0.1) is 11.7 Å². The van der Waals surface area contributed by atoms with Gasteiger partial charge in [-0.15, -0.1) is 0 Å². The summed E-state index contributed by atoms with van der Waals surface area (Å²) in [5.41, 5.74) is 1.32. The molecule has 1 aromatic rings. The predicted molar refractivity (Wildman–Crippen MR) is 69.2 cm³/mol. The number of anilines is 1. The van der Waals surface area contributed by atoms with Crippen molar-refractivity contribution in [1.29, 1.82) is 0 Å². The van der Waals surface area contributed by atoms with E-state index in [0.717, 1.165) is 25.1 Å². The molecule has 3 rings (SSSR count). The molecule has 0 aliphatic carbocycles. The van der Waals surface area contributed by atoms with Gasteiger partial charge in [-0.2, -0.15) is 0 Å². The number of aliphatic hydroxyl groups excluding tert-OH is 1. The Morgan fingerprint density at radius 3 is 3.05 bits per heavy atom. The summed E-state index contributed by atoms with van der Waals surface area (Å²) in [4.78, 5) is 13.8. The molecule has 4 nitrogen and oxygen atoms in total. The fourth-order valence-electron chi connectivity index (χ4n) is 3.16. The van der Waals surface area contributed by atoms with Crippen molar-refractivity contribution in [1.82, 2.24) is 5.32 Å². The number of carbonyl (C=O) groups excluding carboxylic acids is 1. The zero-order valence-corrected chi connectivity index (χ0v) is 10.6. The molecule has 2 saturated heterocycles. The van der Waals surface area contributed by atoms with Gasteiger partial charge in [-0.05, 0) is 36.6 Å². The first-order valence-corrected chi connectivity index (χ1v) is 6.64. The Morgan fingerprint density at radius 1 is 1.42 bits per heavy atom. The van der Waals surface area contributed by atoms with Gasteiger partial charge in [0.2, 0.25) is 5.91 Å². The van der Waals surface area contributed by atoms with Gasteiger partial charge in [-0.1, -0.05) is 0 Å². The fraction of sp³-hybridized carbons (Fsp3) is 0.500. The molecule has 1 aromatic carbocycles. The summed E-state index contributed by atoms with van der Waals surface area (Å²) in [5.74, 6) is -0.232. The van der Waals surface area contributed by atoms with Gasteiger partial charge >= 0.3 is 0 Å². The van der Waals surface area contributed by atoms with Crippen molar-refractivity contribution in [3.63, 3.8) is 0 Å². The van der Waals surface area contributed by atoms with Crippen molar-refractivity contribution < 1.29 is 14.3 Å². The largest absolute Gasteiger partial charge is 0.392 e. The number of benzene rings is 1. The molecule has 2 aliphatic heterocycles. The number of amides is 1. The second-order valence-corrected chi connectivity index (χ2v) is 5.23. The van der Waals surface area contributed by atoms with E-state index < -0.39 is 0 Å². The normalized spacial score (nSPS) is 26.2. The van der Waals surface area contributed by atoms with Crippen LogP contribution in [0.3, 0.4) is 0 Å². The summed E-state index contributed by atoms with van der Waals surface area (Å²) in [6, 6.07) is 4.72. The van der Waals surface area contributed by atoms with E-state index >= 15 is 0 Å². The van der Waals surface area contributed by atoms with Gasteiger partial charge in [0.05, 0.1) is 18.6 Å². The quantitative estimate of drug-likeness (QED) is 0.839. The summed E-state index contributed by atoms with van der Waals surface area (Å²) in [6.07, 6.45) is 1.83. The van der Waals surface area contributed by atoms with E-state index in [-0.39, 0.29) is 30.3 Å². The highest BCUT2D eigenvalue weighted by Crippen LogP contribution is 2.32. The first kappa shape index (κ1) is 12.4. The van der Waals surface area contributed by atoms with Crippen molar-refractivity contribution in [3.8, 4) is 0 Å². The van der Waals surface area contributed by atoms with Crippen molar-refractivity contribution in [2.45, 2.75) is 25.5 Å². The summed E-state index contributed by atoms with van der Waals surface area (Å²) in [6.45, 7) is 1.27. The Bertz CT molecular complexity index is 506. The van der Waals surface area contributed by atoms with Crippen LogP contribution in [-0.2, 0) is 11.4 Å². The van der Waals surface area contributed by atoms with Crippen LogP contribution in [0.2, 0.25) is 0 Å². The van der Waals surface area contributed by atoms with Crippen LogP contribution in [0.1, 0.15) is 18.4 Å². The predicted octanol–water partition coefficient (Wildman–Crippen LogP) is 1.03. The molecule has 5 heteroatoms. The molecule has 2 heterocycles. The molecule has 2 atom stereocenters. The van der Waals surface area contributed by atoms with Gasteiger partial charge in [0.15, 0.2) is 0 Å². The molecule has 0 radical (unpaired) electrons. The van der Waals surface area contributed by atoms with Crippen LogP contribution < -0.4 is 10.2 Å². The van der Waals surface area contributed by atoms with Crippen LogP contribution in [0.5, 0.6) is 0 Å². The molecule has 19 heavy (non-hydrogen) atoms. The number of aliphatic hydroxyl groups is 1. The lowest BCUT2D eigenvalue weighted by molar-refractivity contribution is -0.122. The molecule has 2 N–H and O–H groups in total. The lowest BCUT2D eigenvalue weighted by atomic mass is 9.91. The van der Waals surface area contributed by atoms with Gasteiger partial charge < -0.3 is 15.3 Å². The molecule has 1 amide bonds. The van der Waals surface area contributed by atoms with E-state index in [0.29, 0.717) is 12.1 Å². The van der Waals surface area contributed by atoms with Gasteiger partial charge in [0.1, 0.15) is 5.82 Å². The number of nitrogens with one attached hydrogen (secondary N) is 1. The first-order chi connectivity index (χ1) is 9.19. The van der Waals surface area contributed by atoms with Gasteiger partial charge in [0, 0.05) is 18.8 Å². The Kier molecular flexibility index (Phi) is 3.14. The highest BCUT2D eigenvalue weighted by atomic mass is 19.1. The fourth-order valence-corrected chi connectivity index (χ4v) is 3.16. The number of piperidine rings is 1. The third kappa shape index (κ3) is 2.18. The zero-order chi connectivity index (χ0) is 13.4.